The number of aromatic nitrogens is 3. The molecule has 196 valence electrons. The lowest BCUT2D eigenvalue weighted by Crippen LogP contribution is -2.33. The molecular formula is C29H39N7O. The van der Waals surface area contributed by atoms with Gasteiger partial charge in [0.2, 0.25) is 0 Å². The second-order valence-electron chi connectivity index (χ2n) is 11.4. The maximum Gasteiger partial charge on any atom is 0.255 e. The summed E-state index contributed by atoms with van der Waals surface area (Å²) in [4.78, 5) is 28.9. The molecule has 1 aromatic carbocycles. The summed E-state index contributed by atoms with van der Waals surface area (Å²) in [6, 6.07) is 10.8. The standard InChI is InChI=1S/C29H39N7O/c1-18(2)32-27(37)23-17-31-26(16-24(23)34-25-12-13-30-28(35-25)29(3,4)5)33-21-10-8-19-9-11-22(36(6)7)15-20(19)14-21/h8,10,12-14,16-18,22H,9,11,15H2,1-7H3,(H,32,37)(H2,30,31,33,34,35). The Kier molecular flexibility index (Phi) is 7.78. The van der Waals surface area contributed by atoms with Crippen molar-refractivity contribution < 1.29 is 4.79 Å². The van der Waals surface area contributed by atoms with Gasteiger partial charge >= 0.3 is 0 Å². The van der Waals surface area contributed by atoms with Gasteiger partial charge in [-0.05, 0) is 76.5 Å². The third-order valence-corrected chi connectivity index (χ3v) is 6.57. The Balaban J connectivity index is 1.63. The van der Waals surface area contributed by atoms with Gasteiger partial charge in [0.1, 0.15) is 17.5 Å². The van der Waals surface area contributed by atoms with Crippen LogP contribution in [0.2, 0.25) is 0 Å². The summed E-state index contributed by atoms with van der Waals surface area (Å²) in [6.45, 7) is 10.1. The molecule has 0 saturated heterocycles. The molecule has 8 heteroatoms. The molecule has 1 amide bonds. The molecule has 0 aliphatic heterocycles. The highest BCUT2D eigenvalue weighted by atomic mass is 16.1. The molecule has 8 nitrogen and oxygen atoms in total. The monoisotopic (exact) mass is 501 g/mol. The van der Waals surface area contributed by atoms with Gasteiger partial charge in [0.25, 0.3) is 5.91 Å². The summed E-state index contributed by atoms with van der Waals surface area (Å²) in [5, 5.41) is 9.74. The first-order valence-electron chi connectivity index (χ1n) is 13.0. The van der Waals surface area contributed by atoms with E-state index in [1.165, 1.54) is 17.5 Å². The molecule has 3 N–H and O–H groups in total. The largest absolute Gasteiger partial charge is 0.350 e. The Morgan fingerprint density at radius 3 is 2.51 bits per heavy atom. The maximum atomic E-state index is 13.0. The molecule has 0 saturated carbocycles. The van der Waals surface area contributed by atoms with Crippen molar-refractivity contribution >= 4 is 28.9 Å². The number of hydrogen-bond donors (Lipinski definition) is 3. The van der Waals surface area contributed by atoms with Crippen molar-refractivity contribution in [3.05, 3.63) is 65.2 Å². The molecule has 4 rings (SSSR count). The first-order chi connectivity index (χ1) is 17.5. The number of nitrogens with one attached hydrogen (secondary N) is 3. The number of amides is 1. The van der Waals surface area contributed by atoms with Crippen molar-refractivity contribution in [3.63, 3.8) is 0 Å². The summed E-state index contributed by atoms with van der Waals surface area (Å²) in [5.41, 5.74) is 4.65. The average molecular weight is 502 g/mol. The van der Waals surface area contributed by atoms with E-state index in [4.69, 9.17) is 0 Å². The minimum atomic E-state index is -0.196. The van der Waals surface area contributed by atoms with E-state index < -0.39 is 0 Å². The number of rotatable bonds is 7. The van der Waals surface area contributed by atoms with E-state index in [1.54, 1.807) is 18.5 Å². The molecule has 0 bridgehead atoms. The number of likely N-dealkylation sites (N-methyl/N-ethyl adjacent to an activating group) is 1. The fourth-order valence-electron chi connectivity index (χ4n) is 4.48. The third kappa shape index (κ3) is 6.63. The zero-order chi connectivity index (χ0) is 26.7. The minimum absolute atomic E-state index is 0.00572. The van der Waals surface area contributed by atoms with E-state index in [9.17, 15) is 4.79 Å². The van der Waals surface area contributed by atoms with E-state index >= 15 is 0 Å². The van der Waals surface area contributed by atoms with Crippen LogP contribution < -0.4 is 16.0 Å². The Hall–Kier alpha value is -3.52. The zero-order valence-corrected chi connectivity index (χ0v) is 23.0. The van der Waals surface area contributed by atoms with Crippen molar-refractivity contribution in [1.82, 2.24) is 25.2 Å². The average Bonchev–Trinajstić information content (AvgIpc) is 2.83. The molecule has 2 aromatic heterocycles. The normalized spacial score (nSPS) is 15.4. The molecular weight excluding hydrogens is 462 g/mol. The van der Waals surface area contributed by atoms with Gasteiger partial charge in [-0.2, -0.15) is 0 Å². The van der Waals surface area contributed by atoms with Crippen LogP contribution in [0.25, 0.3) is 0 Å². The summed E-state index contributed by atoms with van der Waals surface area (Å²) >= 11 is 0. The molecule has 0 radical (unpaired) electrons. The van der Waals surface area contributed by atoms with Crippen molar-refractivity contribution in [1.29, 1.82) is 0 Å². The highest BCUT2D eigenvalue weighted by molar-refractivity contribution is 6.00. The summed E-state index contributed by atoms with van der Waals surface area (Å²) in [7, 11) is 4.30. The lowest BCUT2D eigenvalue weighted by Gasteiger charge is -2.30. The number of nitrogens with zero attached hydrogens (tertiary/aromatic N) is 4. The first kappa shape index (κ1) is 26.5. The molecule has 1 aliphatic rings. The van der Waals surface area contributed by atoms with Gasteiger partial charge in [-0.1, -0.05) is 26.8 Å². The van der Waals surface area contributed by atoms with E-state index in [1.807, 2.05) is 19.9 Å². The number of carbonyl (C=O) groups excluding carboxylic acids is 1. The lowest BCUT2D eigenvalue weighted by molar-refractivity contribution is 0.0943. The fourth-order valence-corrected chi connectivity index (χ4v) is 4.48. The Labute approximate surface area is 220 Å². The van der Waals surface area contributed by atoms with E-state index in [-0.39, 0.29) is 17.4 Å². The predicted molar refractivity (Wildman–Crippen MR) is 150 cm³/mol. The van der Waals surface area contributed by atoms with Crippen molar-refractivity contribution in [2.24, 2.45) is 0 Å². The van der Waals surface area contributed by atoms with Gasteiger partial charge in [0, 0.05) is 41.6 Å². The quantitative estimate of drug-likeness (QED) is 0.409. The van der Waals surface area contributed by atoms with Crippen LogP contribution in [0.15, 0.2) is 42.7 Å². The fraction of sp³-hybridized carbons (Fsp3) is 0.448. The van der Waals surface area contributed by atoms with Crippen LogP contribution in [-0.2, 0) is 18.3 Å². The van der Waals surface area contributed by atoms with Crippen molar-refractivity contribution in [2.45, 2.75) is 71.4 Å². The number of anilines is 4. The molecule has 37 heavy (non-hydrogen) atoms. The van der Waals surface area contributed by atoms with Crippen molar-refractivity contribution in [3.8, 4) is 0 Å². The predicted octanol–water partition coefficient (Wildman–Crippen LogP) is 5.21. The number of aryl methyl sites for hydroxylation is 1. The number of benzene rings is 1. The second kappa shape index (κ2) is 10.8. The number of hydrogen-bond acceptors (Lipinski definition) is 7. The number of carbonyl (C=O) groups is 1. The zero-order valence-electron chi connectivity index (χ0n) is 23.0. The molecule has 2 heterocycles. The minimum Gasteiger partial charge on any atom is -0.350 e. The molecule has 1 aliphatic carbocycles. The van der Waals surface area contributed by atoms with E-state index in [0.717, 1.165) is 24.4 Å². The van der Waals surface area contributed by atoms with Gasteiger partial charge in [-0.15, -0.1) is 0 Å². The molecule has 3 aromatic rings. The molecule has 0 spiro atoms. The van der Waals surface area contributed by atoms with Crippen LogP contribution in [0.4, 0.5) is 23.0 Å². The van der Waals surface area contributed by atoms with Crippen LogP contribution in [-0.4, -0.2) is 51.9 Å². The van der Waals surface area contributed by atoms with Gasteiger partial charge in [0.15, 0.2) is 0 Å². The smallest absolute Gasteiger partial charge is 0.255 e. The molecule has 0 fully saturated rings. The van der Waals surface area contributed by atoms with Crippen molar-refractivity contribution in [2.75, 3.05) is 24.7 Å². The Bertz CT molecular complexity index is 1260. The van der Waals surface area contributed by atoms with Crippen LogP contribution >= 0.6 is 0 Å². The van der Waals surface area contributed by atoms with Gasteiger partial charge in [-0.25, -0.2) is 15.0 Å². The van der Waals surface area contributed by atoms with Crippen LogP contribution in [0.1, 0.15) is 68.3 Å². The highest BCUT2D eigenvalue weighted by Gasteiger charge is 2.21. The highest BCUT2D eigenvalue weighted by Crippen LogP contribution is 2.29. The van der Waals surface area contributed by atoms with Crippen LogP contribution in [0.5, 0.6) is 0 Å². The number of pyridine rings is 1. The number of fused-ring (bicyclic) bond motifs is 1. The van der Waals surface area contributed by atoms with Gasteiger partial charge in [0.05, 0.1) is 11.3 Å². The Morgan fingerprint density at radius 2 is 1.81 bits per heavy atom. The van der Waals surface area contributed by atoms with E-state index in [0.29, 0.717) is 28.9 Å². The maximum absolute atomic E-state index is 13.0. The second-order valence-corrected chi connectivity index (χ2v) is 11.4. The summed E-state index contributed by atoms with van der Waals surface area (Å²) in [5.74, 6) is 1.81. The third-order valence-electron chi connectivity index (χ3n) is 6.57. The van der Waals surface area contributed by atoms with E-state index in [2.05, 4.69) is 88.9 Å². The van der Waals surface area contributed by atoms with Gasteiger partial charge < -0.3 is 20.9 Å². The molecule has 1 atom stereocenters. The first-order valence-corrected chi connectivity index (χ1v) is 13.0. The van der Waals surface area contributed by atoms with Crippen LogP contribution in [0, 0.1) is 0 Å². The SMILES string of the molecule is CC(C)NC(=O)c1cnc(Nc2ccc3c(c2)CC(N(C)C)CC3)cc1Nc1ccnc(C(C)(C)C)n1. The van der Waals surface area contributed by atoms with Crippen LogP contribution in [0.3, 0.4) is 0 Å². The summed E-state index contributed by atoms with van der Waals surface area (Å²) < 4.78 is 0. The summed E-state index contributed by atoms with van der Waals surface area (Å²) in [6.07, 6.45) is 6.66. The molecule has 1 unspecified atom stereocenters. The Morgan fingerprint density at radius 1 is 1.03 bits per heavy atom. The van der Waals surface area contributed by atoms with Gasteiger partial charge in [-0.3, -0.25) is 4.79 Å². The topological polar surface area (TPSA) is 95.1 Å². The lowest BCUT2D eigenvalue weighted by atomic mass is 9.87.